The summed E-state index contributed by atoms with van der Waals surface area (Å²) in [5.74, 6) is 0. The Bertz CT molecular complexity index is 447. The van der Waals surface area contributed by atoms with E-state index in [1.807, 2.05) is 12.1 Å². The average molecular weight is 245 g/mol. The molecule has 1 aliphatic rings. The van der Waals surface area contributed by atoms with Crippen molar-refractivity contribution in [2.24, 2.45) is 0 Å². The molecule has 0 radical (unpaired) electrons. The molecule has 1 aliphatic carbocycles. The van der Waals surface area contributed by atoms with Crippen LogP contribution in [0.25, 0.3) is 0 Å². The zero-order valence-electron chi connectivity index (χ0n) is 10.5. The van der Waals surface area contributed by atoms with E-state index in [9.17, 15) is 10.4 Å². The molecular weight excluding hydrogens is 226 g/mol. The lowest BCUT2D eigenvalue weighted by Crippen LogP contribution is -2.36. The summed E-state index contributed by atoms with van der Waals surface area (Å²) >= 11 is 0. The first-order valence-corrected chi connectivity index (χ1v) is 6.43. The van der Waals surface area contributed by atoms with E-state index in [-0.39, 0.29) is 6.61 Å². The number of rotatable bonds is 4. The molecular formula is C14H19N3O. The smallest absolute Gasteiger partial charge is 0.101 e. The van der Waals surface area contributed by atoms with Crippen molar-refractivity contribution in [1.29, 1.82) is 5.26 Å². The van der Waals surface area contributed by atoms with Crippen molar-refractivity contribution in [3.8, 4) is 6.07 Å². The van der Waals surface area contributed by atoms with Crippen LogP contribution < -0.4 is 10.6 Å². The van der Waals surface area contributed by atoms with Gasteiger partial charge in [0.05, 0.1) is 17.9 Å². The summed E-state index contributed by atoms with van der Waals surface area (Å²) in [7, 11) is 0. The van der Waals surface area contributed by atoms with E-state index in [2.05, 4.69) is 11.0 Å². The number of aliphatic hydroxyl groups is 1. The minimum absolute atomic E-state index is 0.103. The number of hydrogen-bond donors (Lipinski definition) is 2. The minimum atomic E-state index is 0.103. The molecule has 0 atom stereocenters. The average Bonchev–Trinajstić information content (AvgIpc) is 2.90. The molecule has 4 heteroatoms. The first-order chi connectivity index (χ1) is 8.76. The summed E-state index contributed by atoms with van der Waals surface area (Å²) in [6.07, 6.45) is 4.72. The highest BCUT2D eigenvalue weighted by Crippen LogP contribution is 2.30. The number of hydrogen-bond acceptors (Lipinski definition) is 4. The summed E-state index contributed by atoms with van der Waals surface area (Å²) < 4.78 is 0. The molecule has 18 heavy (non-hydrogen) atoms. The van der Waals surface area contributed by atoms with Crippen molar-refractivity contribution >= 4 is 11.4 Å². The topological polar surface area (TPSA) is 73.3 Å². The Morgan fingerprint density at radius 3 is 2.72 bits per heavy atom. The Morgan fingerprint density at radius 1 is 1.39 bits per heavy atom. The van der Waals surface area contributed by atoms with E-state index in [1.165, 1.54) is 12.8 Å². The van der Waals surface area contributed by atoms with Crippen molar-refractivity contribution in [3.05, 3.63) is 23.8 Å². The lowest BCUT2D eigenvalue weighted by molar-refractivity contribution is 0.297. The fourth-order valence-corrected chi connectivity index (χ4v) is 2.72. The summed E-state index contributed by atoms with van der Waals surface area (Å²) in [5.41, 5.74) is 7.80. The van der Waals surface area contributed by atoms with Gasteiger partial charge in [0.1, 0.15) is 6.07 Å². The van der Waals surface area contributed by atoms with E-state index in [0.717, 1.165) is 18.5 Å². The molecule has 0 bridgehead atoms. The third-order valence-corrected chi connectivity index (χ3v) is 3.56. The number of nitrogens with two attached hydrogens (primary N) is 1. The SMILES string of the molecule is N#Cc1cc(N)ccc1N(CCO)C1CCCC1. The monoisotopic (exact) mass is 245 g/mol. The first-order valence-electron chi connectivity index (χ1n) is 6.43. The highest BCUT2D eigenvalue weighted by atomic mass is 16.3. The van der Waals surface area contributed by atoms with Gasteiger partial charge >= 0.3 is 0 Å². The van der Waals surface area contributed by atoms with Crippen LogP contribution in [-0.2, 0) is 0 Å². The summed E-state index contributed by atoms with van der Waals surface area (Å²) in [5, 5.41) is 18.4. The molecule has 0 aliphatic heterocycles. The van der Waals surface area contributed by atoms with Crippen LogP contribution in [0, 0.1) is 11.3 Å². The summed E-state index contributed by atoms with van der Waals surface area (Å²) in [4.78, 5) is 2.16. The van der Waals surface area contributed by atoms with Crippen LogP contribution in [0.4, 0.5) is 11.4 Å². The van der Waals surface area contributed by atoms with Gasteiger partial charge in [-0.3, -0.25) is 0 Å². The third kappa shape index (κ3) is 2.57. The fourth-order valence-electron chi connectivity index (χ4n) is 2.72. The maximum atomic E-state index is 9.23. The van der Waals surface area contributed by atoms with Gasteiger partial charge in [-0.25, -0.2) is 0 Å². The van der Waals surface area contributed by atoms with Crippen LogP contribution in [0.15, 0.2) is 18.2 Å². The number of nitriles is 1. The molecule has 0 heterocycles. The molecule has 96 valence electrons. The van der Waals surface area contributed by atoms with E-state index < -0.39 is 0 Å². The van der Waals surface area contributed by atoms with Crippen LogP contribution in [0.3, 0.4) is 0 Å². The fraction of sp³-hybridized carbons (Fsp3) is 0.500. The van der Waals surface area contributed by atoms with Gasteiger partial charge in [0.25, 0.3) is 0 Å². The van der Waals surface area contributed by atoms with Crippen molar-refractivity contribution in [2.45, 2.75) is 31.7 Å². The van der Waals surface area contributed by atoms with Crippen molar-refractivity contribution in [1.82, 2.24) is 0 Å². The zero-order chi connectivity index (χ0) is 13.0. The van der Waals surface area contributed by atoms with Crippen LogP contribution in [0.5, 0.6) is 0 Å². The van der Waals surface area contributed by atoms with Gasteiger partial charge < -0.3 is 15.7 Å². The summed E-state index contributed by atoms with van der Waals surface area (Å²) in [6, 6.07) is 8.04. The number of benzene rings is 1. The third-order valence-electron chi connectivity index (χ3n) is 3.56. The minimum Gasteiger partial charge on any atom is -0.399 e. The largest absolute Gasteiger partial charge is 0.399 e. The molecule has 1 fully saturated rings. The van der Waals surface area contributed by atoms with E-state index in [4.69, 9.17) is 5.73 Å². The van der Waals surface area contributed by atoms with Crippen molar-refractivity contribution in [3.63, 3.8) is 0 Å². The van der Waals surface area contributed by atoms with E-state index >= 15 is 0 Å². The van der Waals surface area contributed by atoms with E-state index in [0.29, 0.717) is 23.8 Å². The molecule has 0 amide bonds. The maximum Gasteiger partial charge on any atom is 0.101 e. The van der Waals surface area contributed by atoms with Crippen LogP contribution in [-0.4, -0.2) is 24.3 Å². The van der Waals surface area contributed by atoms with Gasteiger partial charge in [0.15, 0.2) is 0 Å². The normalized spacial score (nSPS) is 15.6. The van der Waals surface area contributed by atoms with Crippen molar-refractivity contribution in [2.75, 3.05) is 23.8 Å². The maximum absolute atomic E-state index is 9.23. The van der Waals surface area contributed by atoms with Gasteiger partial charge in [0, 0.05) is 18.3 Å². The molecule has 4 nitrogen and oxygen atoms in total. The van der Waals surface area contributed by atoms with Crippen molar-refractivity contribution < 1.29 is 5.11 Å². The van der Waals surface area contributed by atoms with Crippen LogP contribution in [0.1, 0.15) is 31.2 Å². The predicted octanol–water partition coefficient (Wildman–Crippen LogP) is 1.88. The summed E-state index contributed by atoms with van der Waals surface area (Å²) in [6.45, 7) is 0.676. The van der Waals surface area contributed by atoms with Crippen LogP contribution in [0.2, 0.25) is 0 Å². The molecule has 0 aromatic heterocycles. The molecule has 1 aromatic carbocycles. The predicted molar refractivity (Wildman–Crippen MR) is 72.3 cm³/mol. The number of nitrogens with zero attached hydrogens (tertiary/aromatic N) is 2. The van der Waals surface area contributed by atoms with Gasteiger partial charge in [-0.05, 0) is 31.0 Å². The zero-order valence-corrected chi connectivity index (χ0v) is 10.5. The van der Waals surface area contributed by atoms with Gasteiger partial charge in [0.2, 0.25) is 0 Å². The Balaban J connectivity index is 2.32. The van der Waals surface area contributed by atoms with Gasteiger partial charge in [-0.1, -0.05) is 12.8 Å². The standard InChI is InChI=1S/C14H19N3O/c15-10-11-9-12(16)5-6-14(11)17(7-8-18)13-3-1-2-4-13/h5-6,9,13,18H,1-4,7-8,16H2. The van der Waals surface area contributed by atoms with Gasteiger partial charge in [-0.2, -0.15) is 5.26 Å². The Morgan fingerprint density at radius 2 is 2.11 bits per heavy atom. The molecule has 1 saturated carbocycles. The molecule has 0 saturated heterocycles. The highest BCUT2D eigenvalue weighted by Gasteiger charge is 2.24. The number of anilines is 2. The molecule has 3 N–H and O–H groups in total. The number of aliphatic hydroxyl groups excluding tert-OH is 1. The molecule has 2 rings (SSSR count). The molecule has 1 aromatic rings. The molecule has 0 unspecified atom stereocenters. The lowest BCUT2D eigenvalue weighted by Gasteiger charge is -2.31. The Labute approximate surface area is 108 Å². The Kier molecular flexibility index (Phi) is 4.06. The second kappa shape index (κ2) is 5.74. The highest BCUT2D eigenvalue weighted by molar-refractivity contribution is 5.64. The van der Waals surface area contributed by atoms with Gasteiger partial charge in [-0.15, -0.1) is 0 Å². The first kappa shape index (κ1) is 12.7. The quantitative estimate of drug-likeness (QED) is 0.794. The van der Waals surface area contributed by atoms with E-state index in [1.54, 1.807) is 6.07 Å². The number of nitrogen functional groups attached to an aromatic ring is 1. The lowest BCUT2D eigenvalue weighted by atomic mass is 10.1. The Hall–Kier alpha value is -1.73. The molecule has 0 spiro atoms. The second-order valence-electron chi connectivity index (χ2n) is 4.74. The van der Waals surface area contributed by atoms with Crippen LogP contribution >= 0.6 is 0 Å². The second-order valence-corrected chi connectivity index (χ2v) is 4.74.